The molecule has 1 aromatic carbocycles. The van der Waals surface area contributed by atoms with E-state index in [1.807, 2.05) is 44.2 Å². The van der Waals surface area contributed by atoms with Crippen LogP contribution in [0.3, 0.4) is 0 Å². The fourth-order valence-corrected chi connectivity index (χ4v) is 1.97. The Morgan fingerprint density at radius 2 is 1.80 bits per heavy atom. The standard InChI is InChI=1S/C16H20N2O2/c1-11(2)20-15-8-13(9-18-10-15)16(17)12-5-4-6-14(7-12)19-3/h4-11,16H,17H2,1-3H3. The van der Waals surface area contributed by atoms with Gasteiger partial charge in [0.15, 0.2) is 0 Å². The first-order valence-corrected chi connectivity index (χ1v) is 6.61. The molecule has 0 bridgehead atoms. The van der Waals surface area contributed by atoms with Gasteiger partial charge >= 0.3 is 0 Å². The molecule has 1 aromatic heterocycles. The second-order valence-electron chi connectivity index (χ2n) is 4.87. The molecule has 106 valence electrons. The van der Waals surface area contributed by atoms with E-state index < -0.39 is 0 Å². The van der Waals surface area contributed by atoms with Gasteiger partial charge in [-0.05, 0) is 43.2 Å². The highest BCUT2D eigenvalue weighted by Crippen LogP contribution is 2.25. The first-order chi connectivity index (χ1) is 9.60. The Morgan fingerprint density at radius 1 is 1.05 bits per heavy atom. The number of benzene rings is 1. The Balaban J connectivity index is 2.25. The summed E-state index contributed by atoms with van der Waals surface area (Å²) >= 11 is 0. The number of methoxy groups -OCH3 is 1. The van der Waals surface area contributed by atoms with Crippen molar-refractivity contribution in [1.29, 1.82) is 0 Å². The SMILES string of the molecule is COc1cccc(C(N)c2cncc(OC(C)C)c2)c1. The van der Waals surface area contributed by atoms with Crippen molar-refractivity contribution in [2.75, 3.05) is 7.11 Å². The third kappa shape index (κ3) is 3.48. The lowest BCUT2D eigenvalue weighted by Crippen LogP contribution is -2.13. The van der Waals surface area contributed by atoms with Crippen LogP contribution in [0.1, 0.15) is 31.0 Å². The molecule has 2 aromatic rings. The van der Waals surface area contributed by atoms with Crippen LogP contribution in [0.2, 0.25) is 0 Å². The van der Waals surface area contributed by atoms with Crippen molar-refractivity contribution < 1.29 is 9.47 Å². The molecule has 0 aliphatic rings. The maximum atomic E-state index is 6.29. The smallest absolute Gasteiger partial charge is 0.138 e. The van der Waals surface area contributed by atoms with E-state index in [-0.39, 0.29) is 12.1 Å². The first kappa shape index (κ1) is 14.3. The zero-order valence-corrected chi connectivity index (χ0v) is 12.0. The molecule has 0 aliphatic carbocycles. The van der Waals surface area contributed by atoms with Crippen molar-refractivity contribution in [3.63, 3.8) is 0 Å². The summed E-state index contributed by atoms with van der Waals surface area (Å²) in [6.07, 6.45) is 3.57. The van der Waals surface area contributed by atoms with E-state index in [1.165, 1.54) is 0 Å². The highest BCUT2D eigenvalue weighted by molar-refractivity contribution is 5.37. The number of hydrogen-bond acceptors (Lipinski definition) is 4. The van der Waals surface area contributed by atoms with Crippen LogP contribution in [0.4, 0.5) is 0 Å². The molecule has 0 saturated carbocycles. The van der Waals surface area contributed by atoms with Crippen molar-refractivity contribution in [3.05, 3.63) is 53.9 Å². The molecule has 20 heavy (non-hydrogen) atoms. The highest BCUT2D eigenvalue weighted by Gasteiger charge is 2.11. The van der Waals surface area contributed by atoms with E-state index in [0.717, 1.165) is 22.6 Å². The lowest BCUT2D eigenvalue weighted by Gasteiger charge is -2.15. The number of ether oxygens (including phenoxy) is 2. The zero-order valence-electron chi connectivity index (χ0n) is 12.0. The Hall–Kier alpha value is -2.07. The van der Waals surface area contributed by atoms with Crippen LogP contribution in [0.25, 0.3) is 0 Å². The topological polar surface area (TPSA) is 57.4 Å². The molecule has 2 N–H and O–H groups in total. The van der Waals surface area contributed by atoms with E-state index in [9.17, 15) is 0 Å². The van der Waals surface area contributed by atoms with E-state index in [0.29, 0.717) is 0 Å². The van der Waals surface area contributed by atoms with Crippen molar-refractivity contribution >= 4 is 0 Å². The summed E-state index contributed by atoms with van der Waals surface area (Å²) < 4.78 is 10.9. The Bertz CT molecular complexity index is 570. The summed E-state index contributed by atoms with van der Waals surface area (Å²) in [5, 5.41) is 0. The van der Waals surface area contributed by atoms with Gasteiger partial charge in [0, 0.05) is 6.20 Å². The minimum atomic E-state index is -0.256. The molecular weight excluding hydrogens is 252 g/mol. The summed E-state index contributed by atoms with van der Waals surface area (Å²) in [4.78, 5) is 4.19. The average Bonchev–Trinajstić information content (AvgIpc) is 2.46. The predicted octanol–water partition coefficient (Wildman–Crippen LogP) is 2.93. The minimum Gasteiger partial charge on any atom is -0.497 e. The number of nitrogens with two attached hydrogens (primary N) is 1. The monoisotopic (exact) mass is 272 g/mol. The van der Waals surface area contributed by atoms with Crippen LogP contribution in [-0.2, 0) is 0 Å². The predicted molar refractivity (Wildman–Crippen MR) is 79.0 cm³/mol. The van der Waals surface area contributed by atoms with Crippen molar-refractivity contribution in [2.45, 2.75) is 26.0 Å². The molecule has 4 heteroatoms. The lowest BCUT2D eigenvalue weighted by molar-refractivity contribution is 0.241. The van der Waals surface area contributed by atoms with Crippen LogP contribution < -0.4 is 15.2 Å². The molecule has 0 amide bonds. The summed E-state index contributed by atoms with van der Waals surface area (Å²) in [5.41, 5.74) is 8.18. The van der Waals surface area contributed by atoms with Gasteiger partial charge in [0.25, 0.3) is 0 Å². The summed E-state index contributed by atoms with van der Waals surface area (Å²) in [7, 11) is 1.64. The van der Waals surface area contributed by atoms with Gasteiger partial charge in [-0.2, -0.15) is 0 Å². The largest absolute Gasteiger partial charge is 0.497 e. The second-order valence-corrected chi connectivity index (χ2v) is 4.87. The van der Waals surface area contributed by atoms with E-state index in [2.05, 4.69) is 4.98 Å². The van der Waals surface area contributed by atoms with Gasteiger partial charge in [0.1, 0.15) is 11.5 Å². The minimum absolute atomic E-state index is 0.111. The molecule has 0 spiro atoms. The number of nitrogens with zero attached hydrogens (tertiary/aromatic N) is 1. The van der Waals surface area contributed by atoms with Crippen molar-refractivity contribution in [1.82, 2.24) is 4.98 Å². The molecule has 0 radical (unpaired) electrons. The van der Waals surface area contributed by atoms with Crippen LogP contribution in [0.15, 0.2) is 42.7 Å². The fourth-order valence-electron chi connectivity index (χ4n) is 1.97. The Kier molecular flexibility index (Phi) is 4.58. The third-order valence-electron chi connectivity index (χ3n) is 2.92. The van der Waals surface area contributed by atoms with E-state index in [4.69, 9.17) is 15.2 Å². The van der Waals surface area contributed by atoms with Crippen molar-refractivity contribution in [2.24, 2.45) is 5.73 Å². The summed E-state index contributed by atoms with van der Waals surface area (Å²) in [6.45, 7) is 3.96. The second kappa shape index (κ2) is 6.39. The van der Waals surface area contributed by atoms with Gasteiger partial charge in [-0.15, -0.1) is 0 Å². The van der Waals surface area contributed by atoms with Gasteiger partial charge in [0.05, 0.1) is 25.5 Å². The Morgan fingerprint density at radius 3 is 2.50 bits per heavy atom. The Labute approximate surface area is 119 Å². The molecule has 0 saturated heterocycles. The normalized spacial score (nSPS) is 12.2. The van der Waals surface area contributed by atoms with Gasteiger partial charge in [-0.3, -0.25) is 4.98 Å². The van der Waals surface area contributed by atoms with Gasteiger partial charge in [-0.25, -0.2) is 0 Å². The van der Waals surface area contributed by atoms with Crippen molar-refractivity contribution in [3.8, 4) is 11.5 Å². The van der Waals surface area contributed by atoms with E-state index >= 15 is 0 Å². The number of pyridine rings is 1. The molecule has 4 nitrogen and oxygen atoms in total. The molecule has 0 fully saturated rings. The average molecular weight is 272 g/mol. The van der Waals surface area contributed by atoms with E-state index in [1.54, 1.807) is 19.5 Å². The molecular formula is C16H20N2O2. The first-order valence-electron chi connectivity index (χ1n) is 6.61. The third-order valence-corrected chi connectivity index (χ3v) is 2.92. The molecule has 1 unspecified atom stereocenters. The van der Waals surface area contributed by atoms with Gasteiger partial charge in [-0.1, -0.05) is 12.1 Å². The zero-order chi connectivity index (χ0) is 14.5. The number of hydrogen-bond donors (Lipinski definition) is 1. The highest BCUT2D eigenvalue weighted by atomic mass is 16.5. The number of aromatic nitrogens is 1. The lowest BCUT2D eigenvalue weighted by atomic mass is 10.0. The van der Waals surface area contributed by atoms with Gasteiger partial charge < -0.3 is 15.2 Å². The molecule has 1 heterocycles. The quantitative estimate of drug-likeness (QED) is 0.909. The summed E-state index contributed by atoms with van der Waals surface area (Å²) in [5.74, 6) is 1.52. The maximum Gasteiger partial charge on any atom is 0.138 e. The molecule has 0 aliphatic heterocycles. The summed E-state index contributed by atoms with van der Waals surface area (Å²) in [6, 6.07) is 9.40. The maximum absolute atomic E-state index is 6.29. The number of rotatable bonds is 5. The molecule has 1 atom stereocenters. The molecule has 2 rings (SSSR count). The van der Waals surface area contributed by atoms with Crippen LogP contribution in [0.5, 0.6) is 11.5 Å². The van der Waals surface area contributed by atoms with Crippen LogP contribution in [-0.4, -0.2) is 18.2 Å². The fraction of sp³-hybridized carbons (Fsp3) is 0.312. The van der Waals surface area contributed by atoms with Gasteiger partial charge in [0.2, 0.25) is 0 Å². The van der Waals surface area contributed by atoms with Crippen LogP contribution in [0, 0.1) is 0 Å². The van der Waals surface area contributed by atoms with Crippen LogP contribution >= 0.6 is 0 Å².